The van der Waals surface area contributed by atoms with Gasteiger partial charge in [-0.3, -0.25) is 4.79 Å². The quantitative estimate of drug-likeness (QED) is 0.281. The number of aryl methyl sites for hydroxylation is 2. The zero-order chi connectivity index (χ0) is 22.0. The maximum atomic E-state index is 13.1. The van der Waals surface area contributed by atoms with Crippen molar-refractivity contribution in [1.29, 1.82) is 0 Å². The summed E-state index contributed by atoms with van der Waals surface area (Å²) in [5.41, 5.74) is 6.10. The summed E-state index contributed by atoms with van der Waals surface area (Å²) >= 11 is 1.44. The molecule has 0 saturated heterocycles. The van der Waals surface area contributed by atoms with Crippen LogP contribution in [-0.2, 0) is 6.54 Å². The van der Waals surface area contributed by atoms with E-state index in [0.29, 0.717) is 5.75 Å². The Kier molecular flexibility index (Phi) is 6.09. The van der Waals surface area contributed by atoms with Gasteiger partial charge in [-0.15, -0.1) is 10.2 Å². The first-order valence-electron chi connectivity index (χ1n) is 10.4. The topological polar surface area (TPSA) is 52.7 Å². The Morgan fingerprint density at radius 1 is 0.968 bits per heavy atom. The number of hydrogen-bond donors (Lipinski definition) is 0. The molecule has 0 radical (unpaired) electrons. The van der Waals surface area contributed by atoms with E-state index in [1.807, 2.05) is 50.2 Å². The van der Waals surface area contributed by atoms with Gasteiger partial charge in [0, 0.05) is 34.7 Å². The molecule has 0 N–H and O–H groups in total. The lowest BCUT2D eigenvalue weighted by atomic mass is 10.2. The van der Waals surface area contributed by atoms with Crippen LogP contribution in [0.2, 0.25) is 0 Å². The first-order chi connectivity index (χ1) is 15.0. The molecular weight excluding hydrogens is 404 g/mol. The van der Waals surface area contributed by atoms with Gasteiger partial charge in [-0.1, -0.05) is 59.8 Å². The largest absolute Gasteiger partial charge is 0.318 e. The van der Waals surface area contributed by atoms with Gasteiger partial charge in [-0.05, 0) is 45.9 Å². The van der Waals surface area contributed by atoms with E-state index in [2.05, 4.69) is 57.4 Å². The average molecular weight is 431 g/mol. The fourth-order valence-corrected chi connectivity index (χ4v) is 4.71. The number of ketones is 1. The van der Waals surface area contributed by atoms with Crippen LogP contribution in [0.4, 0.5) is 0 Å². The Labute approximate surface area is 187 Å². The molecule has 0 amide bonds. The van der Waals surface area contributed by atoms with Gasteiger partial charge in [-0.25, -0.2) is 0 Å². The Bertz CT molecular complexity index is 1210. The second kappa shape index (κ2) is 8.94. The van der Waals surface area contributed by atoms with E-state index in [1.165, 1.54) is 17.3 Å². The van der Waals surface area contributed by atoms with Gasteiger partial charge in [0.1, 0.15) is 0 Å². The Hall–Kier alpha value is -3.12. The standard InChI is InChI=1S/C25H26N4OS/c1-5-28-24(20-9-7-6-8-10-20)26-27-25(28)31-16-23(30)22-15-18(3)29(19(22)4)21-13-11-17(2)12-14-21/h6-15H,5,16H2,1-4H3. The van der Waals surface area contributed by atoms with E-state index in [1.54, 1.807) is 0 Å². The van der Waals surface area contributed by atoms with Crippen molar-refractivity contribution in [3.05, 3.63) is 83.2 Å². The highest BCUT2D eigenvalue weighted by molar-refractivity contribution is 7.99. The van der Waals surface area contributed by atoms with Gasteiger partial charge in [0.25, 0.3) is 0 Å². The molecule has 0 aliphatic carbocycles. The third-order valence-corrected chi connectivity index (χ3v) is 6.39. The van der Waals surface area contributed by atoms with Gasteiger partial charge < -0.3 is 9.13 Å². The lowest BCUT2D eigenvalue weighted by molar-refractivity contribution is 0.102. The molecule has 5 nitrogen and oxygen atoms in total. The lowest BCUT2D eigenvalue weighted by Crippen LogP contribution is -2.07. The molecule has 6 heteroatoms. The zero-order valence-electron chi connectivity index (χ0n) is 18.3. The van der Waals surface area contributed by atoms with Gasteiger partial charge in [0.2, 0.25) is 0 Å². The van der Waals surface area contributed by atoms with Crippen LogP contribution in [0.15, 0.2) is 65.8 Å². The van der Waals surface area contributed by atoms with E-state index >= 15 is 0 Å². The second-order valence-electron chi connectivity index (χ2n) is 7.58. The molecule has 31 heavy (non-hydrogen) atoms. The number of rotatable bonds is 7. The van der Waals surface area contributed by atoms with E-state index < -0.39 is 0 Å². The van der Waals surface area contributed by atoms with Crippen molar-refractivity contribution in [3.63, 3.8) is 0 Å². The van der Waals surface area contributed by atoms with Crippen LogP contribution in [0, 0.1) is 20.8 Å². The normalized spacial score (nSPS) is 11.1. The number of carbonyl (C=O) groups excluding carboxylic acids is 1. The fourth-order valence-electron chi connectivity index (χ4n) is 3.83. The lowest BCUT2D eigenvalue weighted by Gasteiger charge is -2.10. The number of Topliss-reactive ketones (excluding diaryl/α,β-unsaturated/α-hetero) is 1. The number of hydrogen-bond acceptors (Lipinski definition) is 4. The predicted molar refractivity (Wildman–Crippen MR) is 126 cm³/mol. The maximum Gasteiger partial charge on any atom is 0.191 e. The summed E-state index contributed by atoms with van der Waals surface area (Å²) in [4.78, 5) is 13.1. The minimum absolute atomic E-state index is 0.100. The van der Waals surface area contributed by atoms with Crippen molar-refractivity contribution in [2.45, 2.75) is 39.4 Å². The highest BCUT2D eigenvalue weighted by Gasteiger charge is 2.19. The summed E-state index contributed by atoms with van der Waals surface area (Å²) in [7, 11) is 0. The van der Waals surface area contributed by atoms with Crippen LogP contribution in [0.25, 0.3) is 17.1 Å². The third kappa shape index (κ3) is 4.21. The highest BCUT2D eigenvalue weighted by atomic mass is 32.2. The maximum absolute atomic E-state index is 13.1. The molecule has 158 valence electrons. The van der Waals surface area contributed by atoms with Crippen molar-refractivity contribution in [3.8, 4) is 17.1 Å². The van der Waals surface area contributed by atoms with Crippen molar-refractivity contribution < 1.29 is 4.79 Å². The van der Waals surface area contributed by atoms with E-state index in [4.69, 9.17) is 0 Å². The molecule has 0 bridgehead atoms. The number of nitrogens with zero attached hydrogens (tertiary/aromatic N) is 4. The van der Waals surface area contributed by atoms with Crippen LogP contribution < -0.4 is 0 Å². The monoisotopic (exact) mass is 430 g/mol. The van der Waals surface area contributed by atoms with Crippen LogP contribution in [0.3, 0.4) is 0 Å². The first kappa shape index (κ1) is 21.1. The summed E-state index contributed by atoms with van der Waals surface area (Å²) < 4.78 is 4.20. The van der Waals surface area contributed by atoms with Crippen LogP contribution in [-0.4, -0.2) is 30.9 Å². The van der Waals surface area contributed by atoms with Crippen molar-refractivity contribution in [2.75, 3.05) is 5.75 Å². The van der Waals surface area contributed by atoms with Gasteiger partial charge in [-0.2, -0.15) is 0 Å². The third-order valence-electron chi connectivity index (χ3n) is 5.42. The molecule has 2 aromatic heterocycles. The molecule has 0 atom stereocenters. The Morgan fingerprint density at radius 2 is 1.68 bits per heavy atom. The Morgan fingerprint density at radius 3 is 2.35 bits per heavy atom. The molecule has 0 spiro atoms. The van der Waals surface area contributed by atoms with Crippen molar-refractivity contribution >= 4 is 17.5 Å². The SMILES string of the molecule is CCn1c(SCC(=O)c2cc(C)n(-c3ccc(C)cc3)c2C)nnc1-c1ccccc1. The summed E-state index contributed by atoms with van der Waals surface area (Å²) in [5, 5.41) is 9.48. The molecule has 0 unspecified atom stereocenters. The summed E-state index contributed by atoms with van der Waals surface area (Å²) in [6, 6.07) is 20.4. The van der Waals surface area contributed by atoms with E-state index in [0.717, 1.165) is 45.7 Å². The van der Waals surface area contributed by atoms with Crippen molar-refractivity contribution in [2.24, 2.45) is 0 Å². The van der Waals surface area contributed by atoms with E-state index in [9.17, 15) is 4.79 Å². The second-order valence-corrected chi connectivity index (χ2v) is 8.53. The number of carbonyl (C=O) groups is 1. The average Bonchev–Trinajstić information content (AvgIpc) is 3.33. The molecular formula is C25H26N4OS. The summed E-state index contributed by atoms with van der Waals surface area (Å²) in [6.07, 6.45) is 0. The van der Waals surface area contributed by atoms with Gasteiger partial charge in [0.05, 0.1) is 5.75 Å². The molecule has 0 saturated carbocycles. The summed E-state index contributed by atoms with van der Waals surface area (Å²) in [5.74, 6) is 1.25. The molecule has 4 aromatic rings. The van der Waals surface area contributed by atoms with Crippen molar-refractivity contribution in [1.82, 2.24) is 19.3 Å². The number of thioether (sulfide) groups is 1. The molecule has 0 aliphatic heterocycles. The minimum Gasteiger partial charge on any atom is -0.318 e. The molecule has 0 aliphatic rings. The molecule has 2 heterocycles. The minimum atomic E-state index is 0.100. The zero-order valence-corrected chi connectivity index (χ0v) is 19.1. The van der Waals surface area contributed by atoms with Gasteiger partial charge in [0.15, 0.2) is 16.8 Å². The molecule has 2 aromatic carbocycles. The number of benzene rings is 2. The van der Waals surface area contributed by atoms with Gasteiger partial charge >= 0.3 is 0 Å². The highest BCUT2D eigenvalue weighted by Crippen LogP contribution is 2.26. The first-order valence-corrected chi connectivity index (χ1v) is 11.4. The van der Waals surface area contributed by atoms with Crippen LogP contribution >= 0.6 is 11.8 Å². The smallest absolute Gasteiger partial charge is 0.191 e. The number of aromatic nitrogens is 4. The molecule has 0 fully saturated rings. The van der Waals surface area contributed by atoms with Crippen LogP contribution in [0.5, 0.6) is 0 Å². The van der Waals surface area contributed by atoms with E-state index in [-0.39, 0.29) is 5.78 Å². The van der Waals surface area contributed by atoms with Crippen LogP contribution in [0.1, 0.15) is 34.2 Å². The summed E-state index contributed by atoms with van der Waals surface area (Å²) in [6.45, 7) is 8.93. The predicted octanol–water partition coefficient (Wildman–Crippen LogP) is 5.66. The fraction of sp³-hybridized carbons (Fsp3) is 0.240. The Balaban J connectivity index is 1.54. The molecule has 4 rings (SSSR count).